The summed E-state index contributed by atoms with van der Waals surface area (Å²) in [6, 6.07) is 3.92. The maximum atomic E-state index is 13.0. The molecule has 13 heavy (non-hydrogen) atoms. The van der Waals surface area contributed by atoms with Crippen molar-refractivity contribution in [3.8, 4) is 6.07 Å². The molecule has 0 aliphatic carbocycles. The Bertz CT molecular complexity index is 413. The Hall–Kier alpha value is -0.670. The largest absolute Gasteiger partial charge is 0.276 e. The highest BCUT2D eigenvalue weighted by atomic mass is 127. The summed E-state index contributed by atoms with van der Waals surface area (Å²) in [5.41, 5.74) is -0.00941. The Balaban J connectivity index is 3.39. The second-order valence-corrected chi connectivity index (χ2v) is 3.70. The lowest BCUT2D eigenvalue weighted by Crippen LogP contribution is -1.97. The lowest BCUT2D eigenvalue weighted by atomic mass is 10.1. The van der Waals surface area contributed by atoms with Crippen LogP contribution in [0, 0.1) is 20.7 Å². The van der Waals surface area contributed by atoms with Crippen molar-refractivity contribution in [1.29, 1.82) is 5.26 Å². The van der Waals surface area contributed by atoms with E-state index in [0.29, 0.717) is 3.57 Å². The van der Waals surface area contributed by atoms with E-state index in [-0.39, 0.29) is 11.1 Å². The van der Waals surface area contributed by atoms with Crippen molar-refractivity contribution >= 4 is 39.4 Å². The van der Waals surface area contributed by atoms with Crippen LogP contribution in [0.3, 0.4) is 0 Å². The Morgan fingerprint density at radius 2 is 2.23 bits per heavy atom. The summed E-state index contributed by atoms with van der Waals surface area (Å²) in [7, 11) is 0. The molecule has 1 aromatic rings. The van der Waals surface area contributed by atoms with E-state index in [1.165, 1.54) is 6.07 Å². The zero-order valence-corrected chi connectivity index (χ0v) is 9.06. The minimum absolute atomic E-state index is 0.0822. The third-order valence-corrected chi connectivity index (χ3v) is 2.49. The Kier molecular flexibility index (Phi) is 3.22. The van der Waals surface area contributed by atoms with E-state index in [9.17, 15) is 9.18 Å². The molecule has 1 rings (SSSR count). The van der Waals surface area contributed by atoms with Gasteiger partial charge in [-0.2, -0.15) is 5.26 Å². The van der Waals surface area contributed by atoms with Crippen molar-refractivity contribution in [1.82, 2.24) is 0 Å². The number of benzene rings is 1. The van der Waals surface area contributed by atoms with Crippen LogP contribution in [-0.2, 0) is 0 Å². The number of rotatable bonds is 1. The second-order valence-electron chi connectivity index (χ2n) is 2.20. The highest BCUT2D eigenvalue weighted by molar-refractivity contribution is 14.1. The summed E-state index contributed by atoms with van der Waals surface area (Å²) < 4.78 is 13.4. The first-order valence-corrected chi connectivity index (χ1v) is 4.61. The van der Waals surface area contributed by atoms with E-state index in [2.05, 4.69) is 0 Å². The quantitative estimate of drug-likeness (QED) is 0.591. The van der Waals surface area contributed by atoms with Crippen molar-refractivity contribution in [3.63, 3.8) is 0 Å². The molecule has 0 heterocycles. The van der Waals surface area contributed by atoms with Gasteiger partial charge in [-0.05, 0) is 46.3 Å². The number of carbonyl (C=O) groups excluding carboxylic acids is 1. The Morgan fingerprint density at radius 1 is 1.62 bits per heavy atom. The fourth-order valence-corrected chi connectivity index (χ4v) is 1.81. The lowest BCUT2D eigenvalue weighted by molar-refractivity contribution is 0.108. The Morgan fingerprint density at radius 3 is 2.69 bits per heavy atom. The van der Waals surface area contributed by atoms with E-state index in [0.717, 1.165) is 6.07 Å². The normalized spacial score (nSPS) is 9.38. The van der Waals surface area contributed by atoms with Gasteiger partial charge in [0.15, 0.2) is 0 Å². The van der Waals surface area contributed by atoms with Gasteiger partial charge in [0.2, 0.25) is 0 Å². The monoisotopic (exact) mass is 309 g/mol. The van der Waals surface area contributed by atoms with Gasteiger partial charge in [-0.25, -0.2) is 4.39 Å². The van der Waals surface area contributed by atoms with Gasteiger partial charge in [0, 0.05) is 3.57 Å². The zero-order valence-electron chi connectivity index (χ0n) is 6.14. The number of hydrogen-bond acceptors (Lipinski definition) is 2. The van der Waals surface area contributed by atoms with Crippen LogP contribution in [0.2, 0.25) is 0 Å². The van der Waals surface area contributed by atoms with Crippen molar-refractivity contribution in [2.24, 2.45) is 0 Å². The molecule has 0 spiro atoms. The maximum absolute atomic E-state index is 13.0. The van der Waals surface area contributed by atoms with Crippen LogP contribution in [0.25, 0.3) is 0 Å². The van der Waals surface area contributed by atoms with Gasteiger partial charge in [-0.3, -0.25) is 4.79 Å². The molecule has 1 aromatic carbocycles. The predicted octanol–water partition coefficient (Wildman–Crippen LogP) is 2.68. The van der Waals surface area contributed by atoms with Crippen molar-refractivity contribution in [2.45, 2.75) is 0 Å². The van der Waals surface area contributed by atoms with E-state index in [1.807, 2.05) is 22.6 Å². The van der Waals surface area contributed by atoms with Crippen LogP contribution < -0.4 is 0 Å². The molecule has 2 nitrogen and oxygen atoms in total. The standard InChI is InChI=1S/C8H2ClFINO/c9-8(13)5-2-6(10)4(3-12)1-7(5)11/h1-2H. The second kappa shape index (κ2) is 4.03. The molecule has 0 saturated carbocycles. The highest BCUT2D eigenvalue weighted by Gasteiger charge is 2.11. The van der Waals surface area contributed by atoms with E-state index in [4.69, 9.17) is 16.9 Å². The number of nitrogens with zero attached hydrogens (tertiary/aromatic N) is 1. The molecule has 0 unspecified atom stereocenters. The van der Waals surface area contributed by atoms with Gasteiger partial charge in [-0.15, -0.1) is 0 Å². The van der Waals surface area contributed by atoms with Crippen molar-refractivity contribution < 1.29 is 9.18 Å². The maximum Gasteiger partial charge on any atom is 0.253 e. The number of halogens is 3. The molecular formula is C8H2ClFINO. The SMILES string of the molecule is N#Cc1cc(I)c(C(=O)Cl)cc1F. The highest BCUT2D eigenvalue weighted by Crippen LogP contribution is 2.19. The molecule has 0 atom stereocenters. The molecule has 0 saturated heterocycles. The lowest BCUT2D eigenvalue weighted by Gasteiger charge is -1.99. The third kappa shape index (κ3) is 2.17. The van der Waals surface area contributed by atoms with Gasteiger partial charge >= 0.3 is 0 Å². The molecule has 0 radical (unpaired) electrons. The first kappa shape index (κ1) is 10.4. The summed E-state index contributed by atoms with van der Waals surface area (Å²) in [6.07, 6.45) is 0. The van der Waals surface area contributed by atoms with Crippen LogP contribution in [0.5, 0.6) is 0 Å². The summed E-state index contributed by atoms with van der Waals surface area (Å²) in [5, 5.41) is 7.73. The summed E-state index contributed by atoms with van der Waals surface area (Å²) >= 11 is 7.00. The number of carbonyl (C=O) groups is 1. The fourth-order valence-electron chi connectivity index (χ4n) is 0.783. The first-order chi connectivity index (χ1) is 6.06. The topological polar surface area (TPSA) is 40.9 Å². The van der Waals surface area contributed by atoms with Crippen molar-refractivity contribution in [2.75, 3.05) is 0 Å². The molecule has 0 aromatic heterocycles. The van der Waals surface area contributed by atoms with Crippen LogP contribution in [0.15, 0.2) is 12.1 Å². The summed E-state index contributed by atoms with van der Waals surface area (Å²) in [5.74, 6) is -0.730. The average molecular weight is 309 g/mol. The molecule has 66 valence electrons. The van der Waals surface area contributed by atoms with Gasteiger partial charge in [0.05, 0.1) is 11.1 Å². The van der Waals surface area contributed by atoms with Crippen molar-refractivity contribution in [3.05, 3.63) is 32.6 Å². The van der Waals surface area contributed by atoms with Crippen LogP contribution in [0.4, 0.5) is 4.39 Å². The predicted molar refractivity (Wildman–Crippen MR) is 54.0 cm³/mol. The van der Waals surface area contributed by atoms with Crippen LogP contribution in [-0.4, -0.2) is 5.24 Å². The van der Waals surface area contributed by atoms with Gasteiger partial charge in [-0.1, -0.05) is 0 Å². The molecule has 0 N–H and O–H groups in total. The van der Waals surface area contributed by atoms with Crippen LogP contribution >= 0.6 is 34.2 Å². The molecule has 0 aliphatic rings. The molecule has 0 amide bonds. The first-order valence-electron chi connectivity index (χ1n) is 3.15. The van der Waals surface area contributed by atoms with Crippen LogP contribution in [0.1, 0.15) is 15.9 Å². The zero-order chi connectivity index (χ0) is 10.0. The number of hydrogen-bond donors (Lipinski definition) is 0. The molecule has 0 bridgehead atoms. The fraction of sp³-hybridized carbons (Fsp3) is 0. The van der Waals surface area contributed by atoms with E-state index in [1.54, 1.807) is 6.07 Å². The Labute approximate surface area is 92.4 Å². The van der Waals surface area contributed by atoms with Gasteiger partial charge in [0.1, 0.15) is 11.9 Å². The van der Waals surface area contributed by atoms with Gasteiger partial charge in [0.25, 0.3) is 5.24 Å². The minimum atomic E-state index is -0.730. The summed E-state index contributed by atoms with van der Waals surface area (Å²) in [4.78, 5) is 10.7. The average Bonchev–Trinajstić information content (AvgIpc) is 2.07. The molecule has 0 fully saturated rings. The molecular weight excluding hydrogens is 307 g/mol. The smallest absolute Gasteiger partial charge is 0.253 e. The minimum Gasteiger partial charge on any atom is -0.276 e. The third-order valence-electron chi connectivity index (χ3n) is 1.39. The van der Waals surface area contributed by atoms with E-state index < -0.39 is 11.1 Å². The molecule has 0 aliphatic heterocycles. The number of nitriles is 1. The van der Waals surface area contributed by atoms with Gasteiger partial charge < -0.3 is 0 Å². The molecule has 5 heteroatoms. The van der Waals surface area contributed by atoms with E-state index >= 15 is 0 Å². The summed E-state index contributed by atoms with van der Waals surface area (Å²) in [6.45, 7) is 0.